The Morgan fingerprint density at radius 2 is 1.82 bits per heavy atom. The zero-order chi connectivity index (χ0) is 16.2. The van der Waals surface area contributed by atoms with Crippen molar-refractivity contribution in [3.8, 4) is 0 Å². The predicted molar refractivity (Wildman–Crippen MR) is 93.5 cm³/mol. The summed E-state index contributed by atoms with van der Waals surface area (Å²) in [7, 11) is 0. The largest absolute Gasteiger partial charge is 0.362 e. The summed E-state index contributed by atoms with van der Waals surface area (Å²) < 4.78 is -0.821. The molecule has 1 aromatic heterocycles. The van der Waals surface area contributed by atoms with E-state index in [0.29, 0.717) is 5.69 Å². The molecule has 0 aliphatic carbocycles. The molecular weight excluding hydrogens is 412 g/mol. The number of carbonyl (C=O) groups is 1. The Morgan fingerprint density at radius 1 is 1.14 bits per heavy atom. The molecule has 1 atom stereocenters. The molecule has 2 N–H and O–H groups in total. The van der Waals surface area contributed by atoms with Crippen LogP contribution in [0, 0.1) is 0 Å². The summed E-state index contributed by atoms with van der Waals surface area (Å²) in [5, 5.41) is 5.59. The lowest BCUT2D eigenvalue weighted by Gasteiger charge is -2.27. The molecule has 0 saturated carbocycles. The van der Waals surface area contributed by atoms with E-state index in [4.69, 9.17) is 34.8 Å². The highest BCUT2D eigenvalue weighted by molar-refractivity contribution is 9.10. The number of hydrogen-bond acceptors (Lipinski definition) is 3. The normalized spacial score (nSPS) is 12.5. The number of nitrogens with zero attached hydrogens (tertiary/aromatic N) is 1. The van der Waals surface area contributed by atoms with E-state index in [1.165, 1.54) is 6.20 Å². The van der Waals surface area contributed by atoms with Crippen LogP contribution in [0.15, 0.2) is 53.1 Å². The molecule has 0 spiro atoms. The number of anilines is 1. The molecule has 8 heteroatoms. The topological polar surface area (TPSA) is 54.0 Å². The molecule has 1 aromatic carbocycles. The Hall–Kier alpha value is -1.01. The molecule has 1 amide bonds. The van der Waals surface area contributed by atoms with Crippen LogP contribution in [-0.4, -0.2) is 20.8 Å². The van der Waals surface area contributed by atoms with Gasteiger partial charge in [0.1, 0.15) is 11.9 Å². The third kappa shape index (κ3) is 5.02. The van der Waals surface area contributed by atoms with E-state index in [-0.39, 0.29) is 5.69 Å². The number of nitrogens with one attached hydrogen (secondary N) is 2. The molecule has 0 aliphatic heterocycles. The van der Waals surface area contributed by atoms with Gasteiger partial charge in [-0.05, 0) is 36.4 Å². The third-order valence-electron chi connectivity index (χ3n) is 2.66. The summed E-state index contributed by atoms with van der Waals surface area (Å²) in [6.07, 6.45) is 0.592. The van der Waals surface area contributed by atoms with Crippen LogP contribution in [0.4, 0.5) is 5.69 Å². The lowest BCUT2D eigenvalue weighted by atomic mass is 10.3. The monoisotopic (exact) mass is 421 g/mol. The Kier molecular flexibility index (Phi) is 5.92. The molecule has 116 valence electrons. The molecular formula is C14H11BrCl3N3O. The Morgan fingerprint density at radius 3 is 2.36 bits per heavy atom. The first kappa shape index (κ1) is 17.3. The van der Waals surface area contributed by atoms with Gasteiger partial charge in [-0.1, -0.05) is 56.8 Å². The van der Waals surface area contributed by atoms with Crippen LogP contribution < -0.4 is 10.6 Å². The van der Waals surface area contributed by atoms with Crippen LogP contribution in [0.2, 0.25) is 0 Å². The van der Waals surface area contributed by atoms with E-state index >= 15 is 0 Å². The van der Waals surface area contributed by atoms with E-state index in [2.05, 4.69) is 31.5 Å². The summed E-state index contributed by atoms with van der Waals surface area (Å²) in [5.74, 6) is -0.443. The summed E-state index contributed by atoms with van der Waals surface area (Å²) in [4.78, 5) is 16.1. The Bertz CT molecular complexity index is 632. The first-order valence-corrected chi connectivity index (χ1v) is 8.09. The first-order valence-electron chi connectivity index (χ1n) is 6.17. The van der Waals surface area contributed by atoms with Gasteiger partial charge >= 0.3 is 0 Å². The summed E-state index contributed by atoms with van der Waals surface area (Å²) in [6, 6.07) is 12.2. The van der Waals surface area contributed by atoms with Gasteiger partial charge in [0, 0.05) is 16.4 Å². The van der Waals surface area contributed by atoms with E-state index in [1.54, 1.807) is 30.3 Å². The highest BCUT2D eigenvalue weighted by atomic mass is 79.9. The molecule has 0 saturated heterocycles. The maximum atomic E-state index is 12.1. The second kappa shape index (κ2) is 7.51. The number of hydrogen-bond donors (Lipinski definition) is 2. The summed E-state index contributed by atoms with van der Waals surface area (Å²) >= 11 is 21.1. The fraction of sp³-hybridized carbons (Fsp3) is 0.143. The second-order valence-electron chi connectivity index (χ2n) is 4.31. The number of rotatable bonds is 4. The van der Waals surface area contributed by atoms with Crippen LogP contribution in [0.5, 0.6) is 0 Å². The minimum atomic E-state index is -1.74. The van der Waals surface area contributed by atoms with Gasteiger partial charge in [0.25, 0.3) is 5.91 Å². The van der Waals surface area contributed by atoms with Crippen molar-refractivity contribution in [2.24, 2.45) is 0 Å². The van der Waals surface area contributed by atoms with Gasteiger partial charge in [0.05, 0.1) is 0 Å². The van der Waals surface area contributed by atoms with Crippen molar-refractivity contribution >= 4 is 62.3 Å². The molecule has 4 nitrogen and oxygen atoms in total. The maximum Gasteiger partial charge on any atom is 0.271 e. The molecule has 0 bridgehead atoms. The van der Waals surface area contributed by atoms with Crippen LogP contribution in [0.3, 0.4) is 0 Å². The van der Waals surface area contributed by atoms with Crippen molar-refractivity contribution in [2.75, 3.05) is 5.32 Å². The second-order valence-corrected chi connectivity index (χ2v) is 7.60. The van der Waals surface area contributed by atoms with Gasteiger partial charge in [-0.2, -0.15) is 0 Å². The van der Waals surface area contributed by atoms with Gasteiger partial charge in [-0.15, -0.1) is 0 Å². The zero-order valence-electron chi connectivity index (χ0n) is 11.1. The molecule has 2 aromatic rings. The molecule has 0 radical (unpaired) electrons. The molecule has 22 heavy (non-hydrogen) atoms. The van der Waals surface area contributed by atoms with E-state index in [1.807, 2.05) is 12.1 Å². The molecule has 1 unspecified atom stereocenters. The molecule has 0 fully saturated rings. The average Bonchev–Trinajstić information content (AvgIpc) is 2.48. The Labute approximate surface area is 151 Å². The van der Waals surface area contributed by atoms with Crippen LogP contribution in [0.25, 0.3) is 0 Å². The first-order chi connectivity index (χ1) is 10.4. The molecule has 2 rings (SSSR count). The molecule has 1 heterocycles. The van der Waals surface area contributed by atoms with Crippen LogP contribution in [-0.2, 0) is 0 Å². The Balaban J connectivity index is 2.13. The van der Waals surface area contributed by atoms with Gasteiger partial charge in [0.2, 0.25) is 3.79 Å². The van der Waals surface area contributed by atoms with Crippen molar-refractivity contribution in [2.45, 2.75) is 9.96 Å². The third-order valence-corrected chi connectivity index (χ3v) is 3.84. The van der Waals surface area contributed by atoms with Crippen molar-refractivity contribution in [1.82, 2.24) is 10.3 Å². The van der Waals surface area contributed by atoms with E-state index in [9.17, 15) is 4.79 Å². The lowest BCUT2D eigenvalue weighted by Crippen LogP contribution is -2.49. The fourth-order valence-electron chi connectivity index (χ4n) is 1.61. The van der Waals surface area contributed by atoms with Crippen molar-refractivity contribution in [1.29, 1.82) is 0 Å². The number of alkyl halides is 3. The highest BCUT2D eigenvalue weighted by Gasteiger charge is 2.34. The minimum absolute atomic E-state index is 0.236. The van der Waals surface area contributed by atoms with Gasteiger partial charge in [-0.3, -0.25) is 9.78 Å². The number of amides is 1. The summed E-state index contributed by atoms with van der Waals surface area (Å²) in [6.45, 7) is 0. The predicted octanol–water partition coefficient (Wildman–Crippen LogP) is 4.38. The van der Waals surface area contributed by atoms with E-state index in [0.717, 1.165) is 4.47 Å². The van der Waals surface area contributed by atoms with Crippen molar-refractivity contribution < 1.29 is 4.79 Å². The number of aromatic nitrogens is 1. The highest BCUT2D eigenvalue weighted by Crippen LogP contribution is 2.31. The maximum absolute atomic E-state index is 12.1. The number of halogens is 4. The number of benzene rings is 1. The zero-order valence-corrected chi connectivity index (χ0v) is 14.9. The number of pyridine rings is 1. The van der Waals surface area contributed by atoms with Gasteiger partial charge in [0.15, 0.2) is 0 Å². The average molecular weight is 424 g/mol. The SMILES string of the molecule is O=C(NC(Nc1ccc(Br)cc1)C(Cl)(Cl)Cl)c1ccccn1. The smallest absolute Gasteiger partial charge is 0.271 e. The van der Waals surface area contributed by atoms with Crippen LogP contribution in [0.1, 0.15) is 10.5 Å². The standard InChI is InChI=1S/C14H11BrCl3N3O/c15-9-4-6-10(7-5-9)20-13(14(16,17)18)21-12(22)11-3-1-2-8-19-11/h1-8,13,20H,(H,21,22). The lowest BCUT2D eigenvalue weighted by molar-refractivity contribution is 0.0937. The quantitative estimate of drug-likeness (QED) is 0.567. The summed E-state index contributed by atoms with van der Waals surface area (Å²) in [5.41, 5.74) is 0.931. The molecule has 0 aliphatic rings. The van der Waals surface area contributed by atoms with Gasteiger partial charge < -0.3 is 10.6 Å². The minimum Gasteiger partial charge on any atom is -0.362 e. The number of carbonyl (C=O) groups excluding carboxylic acids is 1. The van der Waals surface area contributed by atoms with Crippen molar-refractivity contribution in [3.63, 3.8) is 0 Å². The fourth-order valence-corrected chi connectivity index (χ4v) is 2.21. The van der Waals surface area contributed by atoms with E-state index < -0.39 is 15.9 Å². The van der Waals surface area contributed by atoms with Gasteiger partial charge in [-0.25, -0.2) is 0 Å². The van der Waals surface area contributed by atoms with Crippen LogP contribution >= 0.6 is 50.7 Å². The van der Waals surface area contributed by atoms with Crippen molar-refractivity contribution in [3.05, 3.63) is 58.8 Å².